The molecule has 1 saturated carbocycles. The molecule has 2 rings (SSSR count). The van der Waals surface area contributed by atoms with Gasteiger partial charge in [0.05, 0.1) is 12.5 Å². The maximum atomic E-state index is 11.7. The van der Waals surface area contributed by atoms with Crippen molar-refractivity contribution in [3.05, 3.63) is 23.9 Å². The Bertz CT molecular complexity index is 524. The summed E-state index contributed by atoms with van der Waals surface area (Å²) >= 11 is 0. The van der Waals surface area contributed by atoms with Crippen molar-refractivity contribution < 1.29 is 19.4 Å². The van der Waals surface area contributed by atoms with Crippen molar-refractivity contribution in [2.24, 2.45) is 5.41 Å². The lowest BCUT2D eigenvalue weighted by molar-refractivity contribution is -0.150. The molecule has 1 heterocycles. The summed E-state index contributed by atoms with van der Waals surface area (Å²) in [6.45, 7) is 0.267. The fourth-order valence-corrected chi connectivity index (χ4v) is 2.77. The van der Waals surface area contributed by atoms with Crippen molar-refractivity contribution in [3.8, 4) is 0 Å². The van der Waals surface area contributed by atoms with Crippen LogP contribution in [0.3, 0.4) is 0 Å². The van der Waals surface area contributed by atoms with E-state index in [2.05, 4.69) is 10.3 Å². The molecular weight excluding hydrogens is 272 g/mol. The van der Waals surface area contributed by atoms with E-state index in [9.17, 15) is 14.7 Å². The predicted molar refractivity (Wildman–Crippen MR) is 77.2 cm³/mol. The van der Waals surface area contributed by atoms with E-state index in [0.717, 1.165) is 19.3 Å². The molecule has 0 amide bonds. The molecule has 0 saturated heterocycles. The molecule has 0 radical (unpaired) electrons. The summed E-state index contributed by atoms with van der Waals surface area (Å²) in [5, 5.41) is 12.6. The van der Waals surface area contributed by atoms with Crippen LogP contribution in [0.1, 0.15) is 42.5 Å². The highest BCUT2D eigenvalue weighted by molar-refractivity contribution is 5.94. The molecule has 114 valence electrons. The van der Waals surface area contributed by atoms with Crippen LogP contribution >= 0.6 is 0 Å². The molecule has 0 aliphatic heterocycles. The summed E-state index contributed by atoms with van der Waals surface area (Å²) in [5.41, 5.74) is -0.459. The van der Waals surface area contributed by atoms with Crippen LogP contribution in [0.25, 0.3) is 0 Å². The van der Waals surface area contributed by atoms with Crippen molar-refractivity contribution in [2.75, 3.05) is 19.0 Å². The Balaban J connectivity index is 2.15. The van der Waals surface area contributed by atoms with Gasteiger partial charge in [-0.15, -0.1) is 0 Å². The van der Waals surface area contributed by atoms with Gasteiger partial charge in [-0.3, -0.25) is 4.79 Å². The number of carbonyl (C=O) groups excluding carboxylic acids is 1. The molecule has 0 unspecified atom stereocenters. The Morgan fingerprint density at radius 2 is 2.10 bits per heavy atom. The number of anilines is 1. The van der Waals surface area contributed by atoms with Gasteiger partial charge in [0, 0.05) is 12.7 Å². The smallest absolute Gasteiger partial charge is 0.341 e. The maximum Gasteiger partial charge on any atom is 0.341 e. The molecule has 1 aromatic heterocycles. The van der Waals surface area contributed by atoms with E-state index in [0.29, 0.717) is 24.2 Å². The Morgan fingerprint density at radius 3 is 2.71 bits per heavy atom. The molecule has 6 nitrogen and oxygen atoms in total. The fourth-order valence-electron chi connectivity index (χ4n) is 2.77. The maximum absolute atomic E-state index is 11.7. The second-order valence-electron chi connectivity index (χ2n) is 5.39. The van der Waals surface area contributed by atoms with Gasteiger partial charge in [0.15, 0.2) is 0 Å². The van der Waals surface area contributed by atoms with Crippen molar-refractivity contribution in [2.45, 2.75) is 32.1 Å². The average Bonchev–Trinajstić information content (AvgIpc) is 2.53. The number of hydrogen-bond donors (Lipinski definition) is 2. The summed E-state index contributed by atoms with van der Waals surface area (Å²) in [4.78, 5) is 27.4. The van der Waals surface area contributed by atoms with Crippen LogP contribution in [0.2, 0.25) is 0 Å². The van der Waals surface area contributed by atoms with Gasteiger partial charge in [0.1, 0.15) is 11.4 Å². The Labute approximate surface area is 123 Å². The number of aromatic nitrogens is 1. The minimum atomic E-state index is -0.787. The van der Waals surface area contributed by atoms with Gasteiger partial charge in [-0.05, 0) is 25.0 Å². The largest absolute Gasteiger partial charge is 0.481 e. The van der Waals surface area contributed by atoms with Crippen molar-refractivity contribution in [1.82, 2.24) is 4.98 Å². The van der Waals surface area contributed by atoms with E-state index in [-0.39, 0.29) is 6.54 Å². The highest BCUT2D eigenvalue weighted by Gasteiger charge is 2.39. The summed E-state index contributed by atoms with van der Waals surface area (Å²) < 4.78 is 4.71. The molecule has 1 aliphatic carbocycles. The van der Waals surface area contributed by atoms with E-state index in [4.69, 9.17) is 4.74 Å². The number of nitrogens with one attached hydrogen (secondary N) is 1. The van der Waals surface area contributed by atoms with Gasteiger partial charge in [0.2, 0.25) is 0 Å². The minimum absolute atomic E-state index is 0.267. The predicted octanol–water partition coefficient (Wildman–Crippen LogP) is 2.32. The summed E-state index contributed by atoms with van der Waals surface area (Å²) in [6, 6.07) is 3.25. The topological polar surface area (TPSA) is 88.5 Å². The van der Waals surface area contributed by atoms with Crippen LogP contribution in [0.15, 0.2) is 18.3 Å². The normalized spacial score (nSPS) is 17.0. The average molecular weight is 292 g/mol. The molecule has 0 spiro atoms. The number of aliphatic carboxylic acids is 1. The monoisotopic (exact) mass is 292 g/mol. The van der Waals surface area contributed by atoms with E-state index in [1.807, 2.05) is 0 Å². The third kappa shape index (κ3) is 3.32. The number of ether oxygens (including phenoxy) is 1. The zero-order valence-corrected chi connectivity index (χ0v) is 12.1. The number of hydrogen-bond acceptors (Lipinski definition) is 5. The van der Waals surface area contributed by atoms with Gasteiger partial charge in [0.25, 0.3) is 0 Å². The van der Waals surface area contributed by atoms with E-state index >= 15 is 0 Å². The van der Waals surface area contributed by atoms with Crippen molar-refractivity contribution >= 4 is 17.8 Å². The SMILES string of the molecule is COC(=O)c1cccnc1NCC1(C(=O)O)CCCCC1. The van der Waals surface area contributed by atoms with Crippen LogP contribution in [-0.4, -0.2) is 35.7 Å². The van der Waals surface area contributed by atoms with Crippen LogP contribution < -0.4 is 5.32 Å². The minimum Gasteiger partial charge on any atom is -0.481 e. The number of rotatable bonds is 5. The highest BCUT2D eigenvalue weighted by Crippen LogP contribution is 2.36. The number of pyridine rings is 1. The van der Waals surface area contributed by atoms with E-state index < -0.39 is 17.4 Å². The third-order valence-electron chi connectivity index (χ3n) is 4.07. The first-order chi connectivity index (χ1) is 10.1. The second kappa shape index (κ2) is 6.56. The standard InChI is InChI=1S/C15H20N2O4/c1-21-13(18)11-6-5-9-16-12(11)17-10-15(14(19)20)7-3-2-4-8-15/h5-6,9H,2-4,7-8,10H2,1H3,(H,16,17)(H,19,20). The molecule has 21 heavy (non-hydrogen) atoms. The molecular formula is C15H20N2O4. The number of esters is 1. The number of carboxylic acid groups (broad SMARTS) is 1. The first-order valence-corrected chi connectivity index (χ1v) is 7.10. The first kappa shape index (κ1) is 15.3. The molecule has 6 heteroatoms. The van der Waals surface area contributed by atoms with Gasteiger partial charge >= 0.3 is 11.9 Å². The molecule has 0 bridgehead atoms. The zero-order valence-electron chi connectivity index (χ0n) is 12.1. The first-order valence-electron chi connectivity index (χ1n) is 7.10. The van der Waals surface area contributed by atoms with Gasteiger partial charge in [-0.1, -0.05) is 19.3 Å². The number of nitrogens with zero attached hydrogens (tertiary/aromatic N) is 1. The fraction of sp³-hybridized carbons (Fsp3) is 0.533. The highest BCUT2D eigenvalue weighted by atomic mass is 16.5. The Morgan fingerprint density at radius 1 is 1.38 bits per heavy atom. The molecule has 0 atom stereocenters. The van der Waals surface area contributed by atoms with Crippen LogP contribution in [0.5, 0.6) is 0 Å². The number of methoxy groups -OCH3 is 1. The number of carboxylic acids is 1. The quantitative estimate of drug-likeness (QED) is 0.810. The lowest BCUT2D eigenvalue weighted by Gasteiger charge is -2.33. The summed E-state index contributed by atoms with van der Waals surface area (Å²) in [7, 11) is 1.30. The molecule has 1 aliphatic rings. The second-order valence-corrected chi connectivity index (χ2v) is 5.39. The van der Waals surface area contributed by atoms with Gasteiger partial charge < -0.3 is 15.2 Å². The zero-order chi connectivity index (χ0) is 15.3. The van der Waals surface area contributed by atoms with Crippen LogP contribution in [0.4, 0.5) is 5.82 Å². The Hall–Kier alpha value is -2.11. The Kier molecular flexibility index (Phi) is 4.77. The molecule has 0 aromatic carbocycles. The van der Waals surface area contributed by atoms with Crippen molar-refractivity contribution in [1.29, 1.82) is 0 Å². The van der Waals surface area contributed by atoms with Gasteiger partial charge in [-0.25, -0.2) is 9.78 Å². The van der Waals surface area contributed by atoms with Crippen LogP contribution in [-0.2, 0) is 9.53 Å². The molecule has 2 N–H and O–H groups in total. The summed E-state index contributed by atoms with van der Waals surface area (Å²) in [5.74, 6) is -0.903. The molecule has 1 fully saturated rings. The lowest BCUT2D eigenvalue weighted by atomic mass is 9.74. The van der Waals surface area contributed by atoms with Crippen molar-refractivity contribution in [3.63, 3.8) is 0 Å². The van der Waals surface area contributed by atoms with Gasteiger partial charge in [-0.2, -0.15) is 0 Å². The van der Waals surface area contributed by atoms with E-state index in [1.54, 1.807) is 18.3 Å². The van der Waals surface area contributed by atoms with Crippen LogP contribution in [0, 0.1) is 5.41 Å². The molecule has 1 aromatic rings. The van der Waals surface area contributed by atoms with E-state index in [1.165, 1.54) is 7.11 Å². The third-order valence-corrected chi connectivity index (χ3v) is 4.07. The number of carbonyl (C=O) groups is 2. The summed E-state index contributed by atoms with van der Waals surface area (Å²) in [6.07, 6.45) is 5.76. The lowest BCUT2D eigenvalue weighted by Crippen LogP contribution is -2.40.